The first-order valence-electron chi connectivity index (χ1n) is 19.3. The zero-order valence-electron chi connectivity index (χ0n) is 32.3. The number of fused-ring (bicyclic) bond motifs is 10. The number of carbonyl (C=O) groups excluding carboxylic acids is 5. The average molecular weight is 801 g/mol. The second-order valence-corrected chi connectivity index (χ2v) is 17.3. The van der Waals surface area contributed by atoms with Gasteiger partial charge in [0.15, 0.2) is 5.69 Å². The van der Waals surface area contributed by atoms with Gasteiger partial charge in [-0.25, -0.2) is 15.0 Å². The van der Waals surface area contributed by atoms with Gasteiger partial charge in [-0.05, 0) is 55.9 Å². The van der Waals surface area contributed by atoms with Crippen molar-refractivity contribution < 1.29 is 28.4 Å². The summed E-state index contributed by atoms with van der Waals surface area (Å²) in [7, 11) is 1.60. The second-order valence-electron chi connectivity index (χ2n) is 15.6. The molecule has 6 bridgehead atoms. The van der Waals surface area contributed by atoms with E-state index in [-0.39, 0.29) is 52.9 Å². The van der Waals surface area contributed by atoms with Crippen LogP contribution in [-0.4, -0.2) is 97.5 Å². The summed E-state index contributed by atoms with van der Waals surface area (Å²) in [5.74, 6) is -1.83. The number of nitrogens with one attached hydrogen (secondary N) is 2. The summed E-state index contributed by atoms with van der Waals surface area (Å²) in [6.07, 6.45) is 4.63. The number of benzene rings is 1. The molecule has 2 fully saturated rings. The molecule has 0 aliphatic carbocycles. The summed E-state index contributed by atoms with van der Waals surface area (Å²) in [4.78, 5) is 89.4. The van der Waals surface area contributed by atoms with E-state index in [1.807, 2.05) is 58.0 Å². The smallest absolute Gasteiger partial charge is 0.276 e. The molecule has 2 N–H and O–H groups in total. The molecule has 5 amide bonds. The quantitative estimate of drug-likeness (QED) is 0.273. The summed E-state index contributed by atoms with van der Waals surface area (Å²) in [5.41, 5.74) is 1.60. The highest BCUT2D eigenvalue weighted by atomic mass is 32.1. The van der Waals surface area contributed by atoms with Gasteiger partial charge in [-0.2, -0.15) is 0 Å². The Bertz CT molecular complexity index is 2080. The van der Waals surface area contributed by atoms with Crippen molar-refractivity contribution in [3.8, 4) is 11.6 Å². The lowest BCUT2D eigenvalue weighted by molar-refractivity contribution is -0.143. The van der Waals surface area contributed by atoms with Gasteiger partial charge in [0.2, 0.25) is 23.6 Å². The van der Waals surface area contributed by atoms with Crippen molar-refractivity contribution in [2.75, 3.05) is 20.1 Å². The molecule has 5 atom stereocenters. The van der Waals surface area contributed by atoms with Crippen molar-refractivity contribution in [2.24, 2.45) is 11.8 Å². The van der Waals surface area contributed by atoms with E-state index < -0.39 is 36.0 Å². The summed E-state index contributed by atoms with van der Waals surface area (Å²) in [6.45, 7) is 8.63. The molecular weight excluding hydrogens is 753 g/mol. The molecule has 3 aliphatic heterocycles. The number of thiazole rings is 2. The normalized spacial score (nSPS) is 24.0. The van der Waals surface area contributed by atoms with Crippen LogP contribution in [0.25, 0.3) is 11.6 Å². The van der Waals surface area contributed by atoms with Crippen molar-refractivity contribution >= 4 is 52.2 Å². The standard InChI is InChI=1S/C40H48N8O6S2/c1-22(2)17-26-38(51)47-15-9-13-30(47)37-45-29(21-56-37)35-43-27(19-54-35)39(52)48-16-10-14-31(48)40(53)46(5)32(23(3)4)34(50)41-25(18-24-11-7-6-8-12-24)36-44-28(20-55-36)33(49)42-26/h6-8,11-12,19-23,25-26,30-32H,9-10,13-18H2,1-5H3,(H,41,50)(H,42,49)/t25-,26+,30+,31+,32+/m1/s1. The van der Waals surface area contributed by atoms with Gasteiger partial charge in [-0.15, -0.1) is 22.7 Å². The highest BCUT2D eigenvalue weighted by Gasteiger charge is 2.42. The minimum atomic E-state index is -0.874. The monoisotopic (exact) mass is 800 g/mol. The first-order chi connectivity index (χ1) is 26.9. The number of aromatic nitrogens is 3. The lowest BCUT2D eigenvalue weighted by atomic mass is 9.99. The zero-order chi connectivity index (χ0) is 39.7. The van der Waals surface area contributed by atoms with Crippen LogP contribution >= 0.6 is 22.7 Å². The minimum absolute atomic E-state index is 0.0565. The van der Waals surface area contributed by atoms with Gasteiger partial charge in [0.25, 0.3) is 11.8 Å². The Morgan fingerprint density at radius 1 is 0.786 bits per heavy atom. The highest BCUT2D eigenvalue weighted by molar-refractivity contribution is 7.10. The topological polar surface area (TPSA) is 171 Å². The van der Waals surface area contributed by atoms with Crippen LogP contribution in [0.5, 0.6) is 0 Å². The third-order valence-corrected chi connectivity index (χ3v) is 12.6. The van der Waals surface area contributed by atoms with Crippen LogP contribution in [0.15, 0.2) is 51.8 Å². The maximum absolute atomic E-state index is 14.3. The lowest BCUT2D eigenvalue weighted by Gasteiger charge is -2.35. The molecule has 3 aromatic heterocycles. The van der Waals surface area contributed by atoms with Crippen molar-refractivity contribution in [2.45, 2.75) is 96.4 Å². The number of rotatable bonds is 5. The number of hydrogen-bond acceptors (Lipinski definition) is 11. The molecule has 7 rings (SSSR count). The molecule has 0 radical (unpaired) electrons. The van der Waals surface area contributed by atoms with E-state index in [0.29, 0.717) is 60.9 Å². The molecule has 2 saturated heterocycles. The van der Waals surface area contributed by atoms with Gasteiger partial charge in [-0.1, -0.05) is 58.0 Å². The van der Waals surface area contributed by atoms with Gasteiger partial charge >= 0.3 is 0 Å². The fourth-order valence-corrected chi connectivity index (χ4v) is 9.80. The lowest BCUT2D eigenvalue weighted by Crippen LogP contribution is -2.56. The Morgan fingerprint density at radius 2 is 1.46 bits per heavy atom. The van der Waals surface area contributed by atoms with E-state index in [9.17, 15) is 24.0 Å². The van der Waals surface area contributed by atoms with Crippen LogP contribution < -0.4 is 10.6 Å². The fraction of sp³-hybridized carbons (Fsp3) is 0.500. The Labute approximate surface area is 334 Å². The molecule has 16 heteroatoms. The number of oxazole rings is 1. The molecule has 0 saturated carbocycles. The number of amides is 5. The van der Waals surface area contributed by atoms with Crippen molar-refractivity contribution in [3.05, 3.63) is 74.3 Å². The van der Waals surface area contributed by atoms with Crippen molar-refractivity contribution in [1.82, 2.24) is 40.3 Å². The first kappa shape index (κ1) is 39.3. The summed E-state index contributed by atoms with van der Waals surface area (Å²) in [5, 5.41) is 10.8. The maximum Gasteiger partial charge on any atom is 0.276 e. The van der Waals surface area contributed by atoms with Crippen LogP contribution in [-0.2, 0) is 20.8 Å². The van der Waals surface area contributed by atoms with Crippen LogP contribution in [0.1, 0.15) is 108 Å². The largest absolute Gasteiger partial charge is 0.442 e. The number of carbonyl (C=O) groups is 5. The number of likely N-dealkylation sites (N-methyl/N-ethyl adjacent to an activating group) is 1. The summed E-state index contributed by atoms with van der Waals surface area (Å²) in [6, 6.07) is 6.27. The third-order valence-electron chi connectivity index (χ3n) is 10.7. The molecule has 14 nitrogen and oxygen atoms in total. The van der Waals surface area contributed by atoms with Gasteiger partial charge in [-0.3, -0.25) is 24.0 Å². The molecule has 4 aromatic rings. The fourth-order valence-electron chi connectivity index (χ4n) is 8.01. The number of hydrogen-bond donors (Lipinski definition) is 2. The zero-order valence-corrected chi connectivity index (χ0v) is 33.9. The summed E-state index contributed by atoms with van der Waals surface area (Å²) < 4.78 is 5.77. The summed E-state index contributed by atoms with van der Waals surface area (Å²) >= 11 is 2.64. The second kappa shape index (κ2) is 16.6. The van der Waals surface area contributed by atoms with E-state index in [1.165, 1.54) is 38.7 Å². The third kappa shape index (κ3) is 8.12. The Kier molecular flexibility index (Phi) is 11.7. The van der Waals surface area contributed by atoms with Crippen molar-refractivity contribution in [1.29, 1.82) is 0 Å². The molecule has 0 spiro atoms. The molecule has 0 unspecified atom stereocenters. The van der Waals surface area contributed by atoms with Crippen molar-refractivity contribution in [3.63, 3.8) is 0 Å². The predicted octanol–water partition coefficient (Wildman–Crippen LogP) is 5.26. The first-order valence-corrected chi connectivity index (χ1v) is 21.1. The van der Waals surface area contributed by atoms with Crippen LogP contribution in [0.2, 0.25) is 0 Å². The number of nitrogens with zero attached hydrogens (tertiary/aromatic N) is 6. The Morgan fingerprint density at radius 3 is 2.20 bits per heavy atom. The molecule has 6 heterocycles. The molecule has 1 aromatic carbocycles. The van der Waals surface area contributed by atoms with E-state index in [0.717, 1.165) is 12.0 Å². The van der Waals surface area contributed by atoms with Gasteiger partial charge in [0, 0.05) is 30.9 Å². The molecule has 3 aliphatic rings. The van der Waals surface area contributed by atoms with E-state index in [2.05, 4.69) is 15.6 Å². The minimum Gasteiger partial charge on any atom is -0.442 e. The van der Waals surface area contributed by atoms with Crippen LogP contribution in [0.3, 0.4) is 0 Å². The molecular formula is C40H48N8O6S2. The van der Waals surface area contributed by atoms with Gasteiger partial charge < -0.3 is 29.8 Å². The van der Waals surface area contributed by atoms with E-state index in [1.54, 1.807) is 22.7 Å². The average Bonchev–Trinajstić information content (AvgIpc) is 4.02. The highest BCUT2D eigenvalue weighted by Crippen LogP contribution is 2.37. The predicted molar refractivity (Wildman–Crippen MR) is 211 cm³/mol. The van der Waals surface area contributed by atoms with E-state index in [4.69, 9.17) is 14.4 Å². The molecule has 56 heavy (non-hydrogen) atoms. The van der Waals surface area contributed by atoms with Crippen LogP contribution in [0, 0.1) is 11.8 Å². The Hall–Kier alpha value is -4.96. The van der Waals surface area contributed by atoms with Gasteiger partial charge in [0.05, 0.1) is 12.1 Å². The maximum atomic E-state index is 14.3. The van der Waals surface area contributed by atoms with Crippen LogP contribution in [0.4, 0.5) is 0 Å². The Balaban J connectivity index is 1.27. The molecule has 296 valence electrons. The SMILES string of the molecule is CC(C)C[C@@H]1NC(=O)c2csc(n2)[C@@H](Cc2ccccc2)NC(=O)[C@H](C(C)C)N(C)C(=O)[C@@H]2CCCN2C(=O)c2coc(n2)-c2csc(n2)[C@@H]2CCCN2C1=O. The van der Waals surface area contributed by atoms with Gasteiger partial charge in [0.1, 0.15) is 45.8 Å². The van der Waals surface area contributed by atoms with E-state index >= 15 is 0 Å².